The lowest BCUT2D eigenvalue weighted by atomic mass is 10.1. The highest BCUT2D eigenvalue weighted by Crippen LogP contribution is 2.16. The van der Waals surface area contributed by atoms with Crippen molar-refractivity contribution in [3.63, 3.8) is 0 Å². The Bertz CT molecular complexity index is 1400. The van der Waals surface area contributed by atoms with E-state index in [2.05, 4.69) is 25.9 Å². The zero-order chi connectivity index (χ0) is 22.0. The molecule has 0 fully saturated rings. The van der Waals surface area contributed by atoms with Crippen molar-refractivity contribution < 1.29 is 9.59 Å². The van der Waals surface area contributed by atoms with E-state index in [9.17, 15) is 19.2 Å². The van der Waals surface area contributed by atoms with Crippen molar-refractivity contribution in [1.82, 2.24) is 25.3 Å². The molecule has 0 spiro atoms. The van der Waals surface area contributed by atoms with Gasteiger partial charge in [0.1, 0.15) is 0 Å². The van der Waals surface area contributed by atoms with E-state index in [1.54, 1.807) is 41.2 Å². The van der Waals surface area contributed by atoms with Gasteiger partial charge >= 0.3 is 0 Å². The number of hydrogen-bond acceptors (Lipinski definition) is 5. The summed E-state index contributed by atoms with van der Waals surface area (Å²) in [6.45, 7) is 1.61. The first-order chi connectivity index (χ1) is 14.9. The fraction of sp³-hybridized carbons (Fsp3) is 0.0952. The number of rotatable bonds is 5. The van der Waals surface area contributed by atoms with Crippen LogP contribution in [0.25, 0.3) is 16.5 Å². The molecule has 2 heterocycles. The Balaban J connectivity index is 1.43. The summed E-state index contributed by atoms with van der Waals surface area (Å²) >= 11 is 0. The average Bonchev–Trinajstić information content (AvgIpc) is 3.20. The Hall–Kier alpha value is -4.47. The van der Waals surface area contributed by atoms with Crippen molar-refractivity contribution in [2.45, 2.75) is 6.92 Å². The van der Waals surface area contributed by atoms with E-state index in [1.807, 2.05) is 13.0 Å². The summed E-state index contributed by atoms with van der Waals surface area (Å²) in [4.78, 5) is 48.6. The zero-order valence-electron chi connectivity index (χ0n) is 16.4. The largest absolute Gasteiger partial charge is 0.343 e. The maximum Gasteiger partial charge on any atom is 0.272 e. The van der Waals surface area contributed by atoms with Gasteiger partial charge < -0.3 is 10.6 Å². The summed E-state index contributed by atoms with van der Waals surface area (Å²) in [5.74, 6) is -0.963. The third kappa shape index (κ3) is 3.99. The van der Waals surface area contributed by atoms with Crippen LogP contribution < -0.4 is 21.8 Å². The number of aromatic amines is 2. The van der Waals surface area contributed by atoms with Gasteiger partial charge in [-0.1, -0.05) is 6.07 Å². The second kappa shape index (κ2) is 8.11. The number of anilines is 1. The lowest BCUT2D eigenvalue weighted by molar-refractivity contribution is -0.115. The molecule has 0 bridgehead atoms. The van der Waals surface area contributed by atoms with Crippen LogP contribution in [0.1, 0.15) is 16.1 Å². The first kappa shape index (κ1) is 19.8. The van der Waals surface area contributed by atoms with Gasteiger partial charge in [0, 0.05) is 17.5 Å². The number of fused-ring (bicyclic) bond motifs is 1. The van der Waals surface area contributed by atoms with Crippen molar-refractivity contribution in [3.8, 4) is 5.69 Å². The molecule has 4 N–H and O–H groups in total. The number of aromatic nitrogens is 4. The van der Waals surface area contributed by atoms with Crippen molar-refractivity contribution in [2.75, 3.05) is 11.9 Å². The number of nitrogens with one attached hydrogen (secondary N) is 4. The Morgan fingerprint density at radius 3 is 2.45 bits per heavy atom. The molecular formula is C21H18N6O4. The van der Waals surface area contributed by atoms with Gasteiger partial charge in [-0.15, -0.1) is 0 Å². The Labute approximate surface area is 174 Å². The molecule has 4 rings (SSSR count). The molecule has 0 saturated carbocycles. The molecule has 0 radical (unpaired) electrons. The number of amides is 2. The molecule has 10 nitrogen and oxygen atoms in total. The normalized spacial score (nSPS) is 10.7. The summed E-state index contributed by atoms with van der Waals surface area (Å²) < 4.78 is 1.74. The Morgan fingerprint density at radius 2 is 1.74 bits per heavy atom. The standard InChI is InChI=1S/C21H18N6O4/c1-12-9-10-23-27(12)14-7-5-13(6-8-14)19(29)22-11-17(28)24-16-4-2-3-15-18(16)21(31)26-25-20(15)30/h2-10H,11H2,1H3,(H,22,29)(H,24,28)(H,25,30)(H,26,31). The summed E-state index contributed by atoms with van der Waals surface area (Å²) in [5, 5.41) is 14.0. The molecule has 10 heteroatoms. The third-order valence-corrected chi connectivity index (χ3v) is 4.72. The fourth-order valence-electron chi connectivity index (χ4n) is 3.18. The number of H-pyrrole nitrogens is 2. The molecule has 2 aromatic heterocycles. The van der Waals surface area contributed by atoms with Crippen LogP contribution in [-0.2, 0) is 4.79 Å². The van der Waals surface area contributed by atoms with E-state index < -0.39 is 22.9 Å². The molecule has 156 valence electrons. The number of carbonyl (C=O) groups is 2. The highest BCUT2D eigenvalue weighted by Gasteiger charge is 2.13. The van der Waals surface area contributed by atoms with Crippen LogP contribution in [-0.4, -0.2) is 38.3 Å². The van der Waals surface area contributed by atoms with Gasteiger partial charge in [-0.05, 0) is 49.4 Å². The second-order valence-electron chi connectivity index (χ2n) is 6.80. The molecular weight excluding hydrogens is 400 g/mol. The molecule has 0 atom stereocenters. The van der Waals surface area contributed by atoms with E-state index in [0.29, 0.717) is 5.56 Å². The minimum absolute atomic E-state index is 0.0652. The monoisotopic (exact) mass is 418 g/mol. The maximum atomic E-state index is 12.4. The first-order valence-electron chi connectivity index (χ1n) is 9.37. The molecule has 0 aliphatic rings. The molecule has 31 heavy (non-hydrogen) atoms. The third-order valence-electron chi connectivity index (χ3n) is 4.72. The summed E-state index contributed by atoms with van der Waals surface area (Å²) in [5.41, 5.74) is 1.32. The lowest BCUT2D eigenvalue weighted by Gasteiger charge is -2.09. The van der Waals surface area contributed by atoms with Gasteiger partial charge in [0.15, 0.2) is 0 Å². The maximum absolute atomic E-state index is 12.4. The van der Waals surface area contributed by atoms with E-state index in [0.717, 1.165) is 11.4 Å². The highest BCUT2D eigenvalue weighted by atomic mass is 16.2. The highest BCUT2D eigenvalue weighted by molar-refractivity contribution is 6.04. The van der Waals surface area contributed by atoms with E-state index in [4.69, 9.17) is 0 Å². The Kier molecular flexibility index (Phi) is 5.19. The molecule has 0 aliphatic carbocycles. The minimum atomic E-state index is -0.540. The van der Waals surface area contributed by atoms with Gasteiger partial charge in [-0.2, -0.15) is 5.10 Å². The van der Waals surface area contributed by atoms with Crippen LogP contribution >= 0.6 is 0 Å². The number of carbonyl (C=O) groups excluding carboxylic acids is 2. The van der Waals surface area contributed by atoms with Crippen LogP contribution in [0, 0.1) is 6.92 Å². The Morgan fingerprint density at radius 1 is 1.00 bits per heavy atom. The predicted octanol–water partition coefficient (Wildman–Crippen LogP) is 1.08. The van der Waals surface area contributed by atoms with Crippen LogP contribution in [0.3, 0.4) is 0 Å². The van der Waals surface area contributed by atoms with Gasteiger partial charge in [0.25, 0.3) is 17.0 Å². The predicted molar refractivity (Wildman–Crippen MR) is 114 cm³/mol. The number of hydrogen-bond donors (Lipinski definition) is 4. The van der Waals surface area contributed by atoms with Crippen molar-refractivity contribution in [1.29, 1.82) is 0 Å². The van der Waals surface area contributed by atoms with Gasteiger partial charge in [-0.25, -0.2) is 4.68 Å². The van der Waals surface area contributed by atoms with Crippen molar-refractivity contribution in [2.24, 2.45) is 0 Å². The quantitative estimate of drug-likeness (QED) is 0.384. The summed E-state index contributed by atoms with van der Waals surface area (Å²) in [7, 11) is 0. The van der Waals surface area contributed by atoms with Crippen LogP contribution in [0.4, 0.5) is 5.69 Å². The smallest absolute Gasteiger partial charge is 0.272 e. The fourth-order valence-corrected chi connectivity index (χ4v) is 3.18. The molecule has 0 unspecified atom stereocenters. The molecule has 2 aromatic carbocycles. The number of benzene rings is 2. The second-order valence-corrected chi connectivity index (χ2v) is 6.80. The topological polar surface area (TPSA) is 142 Å². The molecule has 2 amide bonds. The van der Waals surface area contributed by atoms with E-state index in [-0.39, 0.29) is 23.0 Å². The first-order valence-corrected chi connectivity index (χ1v) is 9.37. The summed E-state index contributed by atoms with van der Waals surface area (Å²) in [6, 6.07) is 13.2. The lowest BCUT2D eigenvalue weighted by Crippen LogP contribution is -2.33. The summed E-state index contributed by atoms with van der Waals surface area (Å²) in [6.07, 6.45) is 1.69. The minimum Gasteiger partial charge on any atom is -0.343 e. The van der Waals surface area contributed by atoms with Crippen LogP contribution in [0.2, 0.25) is 0 Å². The molecule has 4 aromatic rings. The van der Waals surface area contributed by atoms with Crippen molar-refractivity contribution >= 4 is 28.3 Å². The number of nitrogens with zero attached hydrogens (tertiary/aromatic N) is 2. The SMILES string of the molecule is Cc1ccnn1-c1ccc(C(=O)NCC(=O)Nc2cccc3c(=O)[nH][nH]c(=O)c23)cc1. The average molecular weight is 418 g/mol. The van der Waals surface area contributed by atoms with Gasteiger partial charge in [-0.3, -0.25) is 29.4 Å². The number of aryl methyl sites for hydroxylation is 1. The molecule has 0 aliphatic heterocycles. The zero-order valence-corrected chi connectivity index (χ0v) is 16.4. The van der Waals surface area contributed by atoms with Gasteiger partial charge in [0.2, 0.25) is 5.91 Å². The van der Waals surface area contributed by atoms with Gasteiger partial charge in [0.05, 0.1) is 28.7 Å². The molecule has 0 saturated heterocycles. The van der Waals surface area contributed by atoms with Crippen LogP contribution in [0.5, 0.6) is 0 Å². The van der Waals surface area contributed by atoms with E-state index in [1.165, 1.54) is 12.1 Å². The van der Waals surface area contributed by atoms with E-state index >= 15 is 0 Å². The van der Waals surface area contributed by atoms with Crippen LogP contribution in [0.15, 0.2) is 64.3 Å². The van der Waals surface area contributed by atoms with Crippen molar-refractivity contribution in [3.05, 3.63) is 86.7 Å².